The van der Waals surface area contributed by atoms with Crippen LogP contribution in [0.3, 0.4) is 0 Å². The van der Waals surface area contributed by atoms with Gasteiger partial charge in [0.2, 0.25) is 0 Å². The first kappa shape index (κ1) is 41.5. The molecule has 0 aromatic heterocycles. The standard InChI is InChI=1S/C41H69N2O8/c1-8-34(45)31(5)39-35(49-39)26-28(2)14-13-15-29(3)38-30(4)18-19-36(41(6,48)21-20-33(44)27-37(46)51-38)50-40(47)42-22-24-43(7,25-23-42)32-16-11-9-10-12-17-32/h13-15,18-19,28,30-36,38-39,44-45,48H,8-12,16-17,20-27H2,1-7H3/q+1/t28-,30+,31-,33-,34+,35-,36+,38-,39-,41-/m1/s1. The lowest BCUT2D eigenvalue weighted by molar-refractivity contribution is -0.937. The van der Waals surface area contributed by atoms with Gasteiger partial charge in [0.05, 0.1) is 70.1 Å². The molecular weight excluding hydrogens is 648 g/mol. The molecule has 1 amide bonds. The number of ether oxygens (including phenoxy) is 3. The van der Waals surface area contributed by atoms with E-state index in [0.29, 0.717) is 25.6 Å². The minimum atomic E-state index is -1.45. The number of likely N-dealkylation sites (N-methyl/N-ethyl adjacent to an activating group) is 1. The van der Waals surface area contributed by atoms with E-state index in [1.54, 1.807) is 17.9 Å². The molecule has 51 heavy (non-hydrogen) atoms. The molecule has 4 rings (SSSR count). The number of hydrogen-bond donors (Lipinski definition) is 3. The number of epoxide rings is 1. The number of aliphatic hydroxyl groups is 3. The average molecular weight is 718 g/mol. The third-order valence-corrected chi connectivity index (χ3v) is 12.3. The Morgan fingerprint density at radius 2 is 1.80 bits per heavy atom. The molecule has 0 aromatic carbocycles. The number of piperazine rings is 1. The quantitative estimate of drug-likeness (QED) is 0.0620. The average Bonchev–Trinajstić information content (AvgIpc) is 3.90. The van der Waals surface area contributed by atoms with Gasteiger partial charge in [-0.05, 0) is 82.8 Å². The fourth-order valence-electron chi connectivity index (χ4n) is 8.32. The van der Waals surface area contributed by atoms with E-state index in [1.807, 2.05) is 45.9 Å². The molecule has 10 nitrogen and oxygen atoms in total. The van der Waals surface area contributed by atoms with Crippen molar-refractivity contribution in [3.63, 3.8) is 0 Å². The Bertz CT molecular complexity index is 1220. The second-order valence-corrected chi connectivity index (χ2v) is 16.8. The summed E-state index contributed by atoms with van der Waals surface area (Å²) in [6.45, 7) is 14.6. The van der Waals surface area contributed by atoms with Gasteiger partial charge in [-0.1, -0.05) is 64.8 Å². The Balaban J connectivity index is 1.41. The predicted molar refractivity (Wildman–Crippen MR) is 199 cm³/mol. The van der Waals surface area contributed by atoms with Crippen LogP contribution >= 0.6 is 0 Å². The van der Waals surface area contributed by atoms with E-state index in [0.717, 1.165) is 29.6 Å². The predicted octanol–water partition coefficient (Wildman–Crippen LogP) is 6.08. The molecule has 0 bridgehead atoms. The van der Waals surface area contributed by atoms with Gasteiger partial charge >= 0.3 is 12.1 Å². The van der Waals surface area contributed by atoms with E-state index in [1.165, 1.54) is 38.5 Å². The fourth-order valence-corrected chi connectivity index (χ4v) is 8.32. The van der Waals surface area contributed by atoms with Gasteiger partial charge in [0.1, 0.15) is 11.7 Å². The van der Waals surface area contributed by atoms with Crippen molar-refractivity contribution in [2.45, 2.75) is 160 Å². The molecule has 1 saturated carbocycles. The summed E-state index contributed by atoms with van der Waals surface area (Å²) in [6, 6.07) is 0.646. The van der Waals surface area contributed by atoms with Gasteiger partial charge in [-0.2, -0.15) is 0 Å². The summed E-state index contributed by atoms with van der Waals surface area (Å²) in [4.78, 5) is 28.3. The molecule has 10 atom stereocenters. The topological polar surface area (TPSA) is 129 Å². The summed E-state index contributed by atoms with van der Waals surface area (Å²) in [5.74, 6) is -0.432. The number of allylic oxidation sites excluding steroid dienone is 3. The highest BCUT2D eigenvalue weighted by molar-refractivity contribution is 5.70. The number of cyclic esters (lactones) is 1. The van der Waals surface area contributed by atoms with Gasteiger partial charge in [0, 0.05) is 11.8 Å². The van der Waals surface area contributed by atoms with Gasteiger partial charge in [-0.15, -0.1) is 0 Å². The van der Waals surface area contributed by atoms with E-state index >= 15 is 0 Å². The van der Waals surface area contributed by atoms with Crippen LogP contribution in [0.1, 0.15) is 112 Å². The zero-order valence-electron chi connectivity index (χ0n) is 32.5. The van der Waals surface area contributed by atoms with Crippen molar-refractivity contribution in [2.75, 3.05) is 33.2 Å². The van der Waals surface area contributed by atoms with Gasteiger partial charge in [0.15, 0.2) is 6.10 Å². The highest BCUT2D eigenvalue weighted by Gasteiger charge is 2.45. The van der Waals surface area contributed by atoms with Crippen molar-refractivity contribution in [1.29, 1.82) is 0 Å². The summed E-state index contributed by atoms with van der Waals surface area (Å²) in [5, 5.41) is 32.5. The van der Waals surface area contributed by atoms with E-state index in [2.05, 4.69) is 20.0 Å². The second-order valence-electron chi connectivity index (χ2n) is 16.8. The van der Waals surface area contributed by atoms with Crippen LogP contribution in [-0.4, -0.2) is 118 Å². The summed E-state index contributed by atoms with van der Waals surface area (Å²) in [5.41, 5.74) is -0.619. The van der Waals surface area contributed by atoms with Crippen LogP contribution in [0.5, 0.6) is 0 Å². The first-order valence-corrected chi connectivity index (χ1v) is 19.9. The van der Waals surface area contributed by atoms with E-state index in [-0.39, 0.29) is 55.3 Å². The van der Waals surface area contributed by atoms with Crippen LogP contribution in [0.4, 0.5) is 4.79 Å². The lowest BCUT2D eigenvalue weighted by Gasteiger charge is -2.47. The molecule has 1 aliphatic carbocycles. The molecule has 4 aliphatic rings. The molecule has 0 unspecified atom stereocenters. The third-order valence-electron chi connectivity index (χ3n) is 12.3. The lowest BCUT2D eigenvalue weighted by atomic mass is 9.88. The van der Waals surface area contributed by atoms with Crippen LogP contribution < -0.4 is 0 Å². The highest BCUT2D eigenvalue weighted by atomic mass is 16.6. The molecule has 3 N–H and O–H groups in total. The molecule has 3 heterocycles. The number of carbonyl (C=O) groups is 2. The van der Waals surface area contributed by atoms with Gasteiger partial charge in [-0.25, -0.2) is 4.79 Å². The third kappa shape index (κ3) is 11.9. The van der Waals surface area contributed by atoms with E-state index in [4.69, 9.17) is 14.2 Å². The number of quaternary nitrogens is 1. The molecule has 0 aromatic rings. The second kappa shape index (κ2) is 18.7. The zero-order chi connectivity index (χ0) is 37.3. The number of aliphatic hydroxyl groups excluding tert-OH is 2. The summed E-state index contributed by atoms with van der Waals surface area (Å²) >= 11 is 0. The van der Waals surface area contributed by atoms with E-state index in [9.17, 15) is 24.9 Å². The van der Waals surface area contributed by atoms with Gasteiger partial charge < -0.3 is 34.0 Å². The van der Waals surface area contributed by atoms with Crippen molar-refractivity contribution in [1.82, 2.24) is 4.90 Å². The largest absolute Gasteiger partial charge is 0.457 e. The molecule has 3 fully saturated rings. The number of amides is 1. The van der Waals surface area contributed by atoms with Crippen molar-refractivity contribution in [3.8, 4) is 0 Å². The monoisotopic (exact) mass is 718 g/mol. The van der Waals surface area contributed by atoms with Crippen LogP contribution in [0.25, 0.3) is 0 Å². The number of rotatable bonds is 10. The highest BCUT2D eigenvalue weighted by Crippen LogP contribution is 2.36. The molecule has 290 valence electrons. The van der Waals surface area contributed by atoms with Crippen molar-refractivity contribution in [3.05, 3.63) is 36.0 Å². The van der Waals surface area contributed by atoms with Gasteiger partial charge in [0.25, 0.3) is 0 Å². The van der Waals surface area contributed by atoms with Crippen LogP contribution in [0.2, 0.25) is 0 Å². The lowest BCUT2D eigenvalue weighted by Crippen LogP contribution is -2.62. The maximum absolute atomic E-state index is 13.6. The molecular formula is C41H69N2O8+. The fraction of sp³-hybridized carbons (Fsp3) is 0.805. The first-order chi connectivity index (χ1) is 24.1. The Kier molecular flexibility index (Phi) is 15.2. The Morgan fingerprint density at radius 3 is 2.45 bits per heavy atom. The number of carbonyl (C=O) groups excluding carboxylic acids is 2. The number of esters is 1. The minimum absolute atomic E-state index is 0.0985. The summed E-state index contributed by atoms with van der Waals surface area (Å²) < 4.78 is 18.9. The smallest absolute Gasteiger partial charge is 0.410 e. The summed E-state index contributed by atoms with van der Waals surface area (Å²) in [6.07, 6.45) is 15.9. The van der Waals surface area contributed by atoms with Crippen molar-refractivity contribution < 1.29 is 43.6 Å². The minimum Gasteiger partial charge on any atom is -0.457 e. The maximum atomic E-state index is 13.6. The van der Waals surface area contributed by atoms with E-state index < -0.39 is 36.0 Å². The molecule has 0 radical (unpaired) electrons. The Morgan fingerprint density at radius 1 is 1.14 bits per heavy atom. The molecule has 2 saturated heterocycles. The molecule has 0 spiro atoms. The van der Waals surface area contributed by atoms with Crippen LogP contribution in [-0.2, 0) is 19.0 Å². The maximum Gasteiger partial charge on any atom is 0.410 e. The summed E-state index contributed by atoms with van der Waals surface area (Å²) in [7, 11) is 2.33. The Labute approximate surface area is 307 Å². The van der Waals surface area contributed by atoms with Crippen LogP contribution in [0.15, 0.2) is 36.0 Å². The van der Waals surface area contributed by atoms with Crippen molar-refractivity contribution in [2.24, 2.45) is 17.8 Å². The first-order valence-electron chi connectivity index (χ1n) is 19.9. The molecule has 10 heteroatoms. The Hall–Kier alpha value is -2.24. The van der Waals surface area contributed by atoms with Gasteiger partial charge in [-0.3, -0.25) is 9.69 Å². The number of hydrogen-bond acceptors (Lipinski definition) is 8. The SMILES string of the molecule is CC[C@H](O)[C@@H](C)[C@H]1O[C@@H]1C[C@H](C)C=CC=C(C)[C@H]1OC(=O)C[C@H](O)CC[C@@](C)(O)[C@@H](OC(=O)N2CC[N+](C)(C3CCCCCC3)CC2)C=C[C@@H]1C. The van der Waals surface area contributed by atoms with Crippen molar-refractivity contribution >= 4 is 12.1 Å². The van der Waals surface area contributed by atoms with Crippen LogP contribution in [0, 0.1) is 17.8 Å². The zero-order valence-corrected chi connectivity index (χ0v) is 32.5. The normalized spacial score (nSPS) is 34.8. The number of nitrogens with zero attached hydrogens (tertiary/aromatic N) is 2. The molecule has 3 aliphatic heterocycles.